The molecule has 0 aliphatic rings. The van der Waals surface area contributed by atoms with Gasteiger partial charge in [0, 0.05) is 10.7 Å². The molecule has 0 radical (unpaired) electrons. The predicted octanol–water partition coefficient (Wildman–Crippen LogP) is 3.44. The second kappa shape index (κ2) is 6.95. The average molecular weight is 320 g/mol. The van der Waals surface area contributed by atoms with Crippen LogP contribution in [0.2, 0.25) is 5.02 Å². The van der Waals surface area contributed by atoms with E-state index in [0.29, 0.717) is 16.5 Å². The zero-order valence-corrected chi connectivity index (χ0v) is 12.5. The maximum Gasteiger partial charge on any atom is 0.335 e. The van der Waals surface area contributed by atoms with E-state index in [1.807, 2.05) is 0 Å². The minimum Gasteiger partial charge on any atom is -0.481 e. The normalized spacial score (nSPS) is 11.5. The van der Waals surface area contributed by atoms with E-state index < -0.39 is 12.1 Å². The Morgan fingerprint density at radius 1 is 1.18 bits per heavy atom. The highest BCUT2D eigenvalue weighted by molar-refractivity contribution is 6.30. The first-order valence-electron chi connectivity index (χ1n) is 6.52. The Labute approximate surface area is 132 Å². The SMILES string of the molecule is CC(Oc1ccc(C(=O)O)cc1)C(=O)Nc1cccc(Cl)c1. The van der Waals surface area contributed by atoms with Gasteiger partial charge in [-0.1, -0.05) is 17.7 Å². The topological polar surface area (TPSA) is 75.6 Å². The highest BCUT2D eigenvalue weighted by atomic mass is 35.5. The molecule has 0 saturated carbocycles. The van der Waals surface area contributed by atoms with Crippen LogP contribution in [0.3, 0.4) is 0 Å². The van der Waals surface area contributed by atoms with Gasteiger partial charge in [-0.2, -0.15) is 0 Å². The van der Waals surface area contributed by atoms with Crippen LogP contribution in [0.5, 0.6) is 5.75 Å². The van der Waals surface area contributed by atoms with Gasteiger partial charge in [-0.05, 0) is 49.4 Å². The van der Waals surface area contributed by atoms with Crippen LogP contribution in [0.1, 0.15) is 17.3 Å². The molecule has 1 amide bonds. The van der Waals surface area contributed by atoms with E-state index in [1.165, 1.54) is 24.3 Å². The van der Waals surface area contributed by atoms with Crippen molar-refractivity contribution in [3.63, 3.8) is 0 Å². The second-order valence-electron chi connectivity index (χ2n) is 4.59. The molecule has 0 aromatic heterocycles. The van der Waals surface area contributed by atoms with Gasteiger partial charge in [0.1, 0.15) is 5.75 Å². The van der Waals surface area contributed by atoms with Crippen molar-refractivity contribution in [1.29, 1.82) is 0 Å². The third-order valence-corrected chi connectivity index (χ3v) is 3.11. The molecule has 1 atom stereocenters. The first-order valence-corrected chi connectivity index (χ1v) is 6.90. The summed E-state index contributed by atoms with van der Waals surface area (Å²) in [5, 5.41) is 12.0. The molecule has 0 spiro atoms. The van der Waals surface area contributed by atoms with Crippen LogP contribution in [-0.4, -0.2) is 23.1 Å². The highest BCUT2D eigenvalue weighted by Crippen LogP contribution is 2.17. The number of halogens is 1. The summed E-state index contributed by atoms with van der Waals surface area (Å²) >= 11 is 5.85. The molecule has 22 heavy (non-hydrogen) atoms. The Hall–Kier alpha value is -2.53. The average Bonchev–Trinajstić information content (AvgIpc) is 2.47. The third kappa shape index (κ3) is 4.23. The Morgan fingerprint density at radius 3 is 2.45 bits per heavy atom. The Morgan fingerprint density at radius 2 is 1.86 bits per heavy atom. The summed E-state index contributed by atoms with van der Waals surface area (Å²) in [4.78, 5) is 22.8. The van der Waals surface area contributed by atoms with E-state index in [-0.39, 0.29) is 11.5 Å². The number of hydrogen-bond acceptors (Lipinski definition) is 3. The van der Waals surface area contributed by atoms with Crippen molar-refractivity contribution in [2.24, 2.45) is 0 Å². The first kappa shape index (κ1) is 15.9. The summed E-state index contributed by atoms with van der Waals surface area (Å²) in [5.74, 6) is -0.929. The summed E-state index contributed by atoms with van der Waals surface area (Å²) in [5.41, 5.74) is 0.734. The van der Waals surface area contributed by atoms with Gasteiger partial charge in [0.25, 0.3) is 5.91 Å². The van der Waals surface area contributed by atoms with Gasteiger partial charge in [0.15, 0.2) is 6.10 Å². The number of anilines is 1. The number of hydrogen-bond donors (Lipinski definition) is 2. The monoisotopic (exact) mass is 319 g/mol. The predicted molar refractivity (Wildman–Crippen MR) is 83.6 cm³/mol. The van der Waals surface area contributed by atoms with Gasteiger partial charge in [0.05, 0.1) is 5.56 Å². The minimum absolute atomic E-state index is 0.156. The molecule has 2 N–H and O–H groups in total. The van der Waals surface area contributed by atoms with Crippen molar-refractivity contribution >= 4 is 29.2 Å². The number of nitrogens with one attached hydrogen (secondary N) is 1. The fourth-order valence-corrected chi connectivity index (χ4v) is 1.93. The molecule has 0 fully saturated rings. The number of carboxylic acid groups (broad SMARTS) is 1. The molecular formula is C16H14ClNO4. The lowest BCUT2D eigenvalue weighted by Crippen LogP contribution is -2.30. The molecule has 2 aromatic rings. The summed E-state index contributed by atoms with van der Waals surface area (Å²) in [6.07, 6.45) is -0.741. The smallest absolute Gasteiger partial charge is 0.335 e. The van der Waals surface area contributed by atoms with E-state index in [1.54, 1.807) is 31.2 Å². The molecule has 2 rings (SSSR count). The lowest BCUT2D eigenvalue weighted by atomic mass is 10.2. The van der Waals surface area contributed by atoms with Crippen LogP contribution in [-0.2, 0) is 4.79 Å². The maximum atomic E-state index is 12.0. The van der Waals surface area contributed by atoms with Crippen LogP contribution in [0.4, 0.5) is 5.69 Å². The summed E-state index contributed by atoms with van der Waals surface area (Å²) < 4.78 is 5.48. The standard InChI is InChI=1S/C16H14ClNO4/c1-10(15(19)18-13-4-2-3-12(17)9-13)22-14-7-5-11(6-8-14)16(20)21/h2-10H,1H3,(H,18,19)(H,20,21). The molecule has 114 valence electrons. The molecule has 0 bridgehead atoms. The molecular weight excluding hydrogens is 306 g/mol. The number of carbonyl (C=O) groups excluding carboxylic acids is 1. The fourth-order valence-electron chi connectivity index (χ4n) is 1.74. The van der Waals surface area contributed by atoms with Crippen molar-refractivity contribution in [1.82, 2.24) is 0 Å². The maximum absolute atomic E-state index is 12.0. The molecule has 1 unspecified atom stereocenters. The van der Waals surface area contributed by atoms with Crippen LogP contribution >= 0.6 is 11.6 Å². The minimum atomic E-state index is -1.02. The molecule has 0 aliphatic heterocycles. The number of carboxylic acids is 1. The number of aromatic carboxylic acids is 1. The van der Waals surface area contributed by atoms with E-state index in [4.69, 9.17) is 21.4 Å². The number of carbonyl (C=O) groups is 2. The van der Waals surface area contributed by atoms with Gasteiger partial charge < -0.3 is 15.2 Å². The van der Waals surface area contributed by atoms with Gasteiger partial charge >= 0.3 is 5.97 Å². The lowest BCUT2D eigenvalue weighted by molar-refractivity contribution is -0.122. The van der Waals surface area contributed by atoms with E-state index in [9.17, 15) is 9.59 Å². The first-order chi connectivity index (χ1) is 10.5. The Bertz CT molecular complexity index is 685. The van der Waals surface area contributed by atoms with Crippen LogP contribution < -0.4 is 10.1 Å². The lowest BCUT2D eigenvalue weighted by Gasteiger charge is -2.15. The summed E-state index contributed by atoms with van der Waals surface area (Å²) in [6.45, 7) is 1.60. The van der Waals surface area contributed by atoms with Crippen LogP contribution in [0.15, 0.2) is 48.5 Å². The number of rotatable bonds is 5. The second-order valence-corrected chi connectivity index (χ2v) is 5.03. The quantitative estimate of drug-likeness (QED) is 0.885. The third-order valence-electron chi connectivity index (χ3n) is 2.88. The van der Waals surface area contributed by atoms with E-state index in [0.717, 1.165) is 0 Å². The molecule has 6 heteroatoms. The van der Waals surface area contributed by atoms with Crippen LogP contribution in [0.25, 0.3) is 0 Å². The van der Waals surface area contributed by atoms with Gasteiger partial charge in [-0.3, -0.25) is 4.79 Å². The fraction of sp³-hybridized carbons (Fsp3) is 0.125. The summed E-state index contributed by atoms with van der Waals surface area (Å²) in [6, 6.07) is 12.6. The highest BCUT2D eigenvalue weighted by Gasteiger charge is 2.15. The number of amides is 1. The van der Waals surface area contributed by atoms with Gasteiger partial charge in [-0.25, -0.2) is 4.79 Å². The van der Waals surface area contributed by atoms with Crippen molar-refractivity contribution in [2.75, 3.05) is 5.32 Å². The van der Waals surface area contributed by atoms with E-state index >= 15 is 0 Å². The van der Waals surface area contributed by atoms with Crippen molar-refractivity contribution < 1.29 is 19.4 Å². The van der Waals surface area contributed by atoms with Crippen LogP contribution in [0, 0.1) is 0 Å². The van der Waals surface area contributed by atoms with Crippen molar-refractivity contribution in [3.8, 4) is 5.75 Å². The zero-order valence-electron chi connectivity index (χ0n) is 11.7. The Balaban J connectivity index is 1.97. The van der Waals surface area contributed by atoms with Gasteiger partial charge in [0.2, 0.25) is 0 Å². The molecule has 0 heterocycles. The van der Waals surface area contributed by atoms with Gasteiger partial charge in [-0.15, -0.1) is 0 Å². The summed E-state index contributed by atoms with van der Waals surface area (Å²) in [7, 11) is 0. The Kier molecular flexibility index (Phi) is 5.01. The largest absolute Gasteiger partial charge is 0.481 e. The van der Waals surface area contributed by atoms with E-state index in [2.05, 4.69) is 5.32 Å². The van der Waals surface area contributed by atoms with Crippen molar-refractivity contribution in [2.45, 2.75) is 13.0 Å². The molecule has 2 aromatic carbocycles. The molecule has 0 saturated heterocycles. The number of ether oxygens (including phenoxy) is 1. The molecule has 5 nitrogen and oxygen atoms in total. The zero-order chi connectivity index (χ0) is 16.1. The number of benzene rings is 2. The van der Waals surface area contributed by atoms with Crippen molar-refractivity contribution in [3.05, 3.63) is 59.1 Å². The molecule has 0 aliphatic carbocycles.